The summed E-state index contributed by atoms with van der Waals surface area (Å²) < 4.78 is 25.9. The molecular weight excluding hydrogens is 376 g/mol. The second-order valence-corrected chi connectivity index (χ2v) is 9.18. The molecule has 0 atom stereocenters. The van der Waals surface area contributed by atoms with Crippen molar-refractivity contribution in [3.05, 3.63) is 54.2 Å². The molecule has 1 N–H and O–H groups in total. The van der Waals surface area contributed by atoms with Gasteiger partial charge < -0.3 is 4.90 Å². The van der Waals surface area contributed by atoms with Gasteiger partial charge in [0.1, 0.15) is 13.1 Å². The number of pyridine rings is 1. The standard InChI is InChI=1S/C20H24N4O3S/c25-20(23-14-12-22(13-15-23)19-5-1-2-10-21-19)17-6-8-18(9-7-17)24-11-3-4-16-28(24,26)27/h1-2,5-10H,3-4,11-16H2/p+1. The molecule has 8 heteroatoms. The summed E-state index contributed by atoms with van der Waals surface area (Å²) in [6, 6.07) is 12.9. The van der Waals surface area contributed by atoms with Crippen molar-refractivity contribution in [1.29, 1.82) is 0 Å². The maximum atomic E-state index is 12.8. The van der Waals surface area contributed by atoms with Gasteiger partial charge in [-0.25, -0.2) is 13.4 Å². The van der Waals surface area contributed by atoms with Crippen molar-refractivity contribution in [2.45, 2.75) is 12.8 Å². The van der Waals surface area contributed by atoms with E-state index in [1.165, 1.54) is 4.31 Å². The van der Waals surface area contributed by atoms with E-state index in [-0.39, 0.29) is 11.7 Å². The first-order valence-electron chi connectivity index (χ1n) is 9.66. The molecule has 2 aromatic rings. The Morgan fingerprint density at radius 2 is 1.64 bits per heavy atom. The molecule has 3 heterocycles. The van der Waals surface area contributed by atoms with E-state index in [1.54, 1.807) is 24.3 Å². The number of hydrogen-bond acceptors (Lipinski definition) is 4. The predicted molar refractivity (Wildman–Crippen MR) is 108 cm³/mol. The fourth-order valence-electron chi connectivity index (χ4n) is 3.76. The van der Waals surface area contributed by atoms with Crippen LogP contribution in [0.4, 0.5) is 11.5 Å². The molecule has 2 aliphatic rings. The Hall–Kier alpha value is -2.61. The van der Waals surface area contributed by atoms with Crippen molar-refractivity contribution in [3.8, 4) is 0 Å². The van der Waals surface area contributed by atoms with Crippen LogP contribution < -0.4 is 14.2 Å². The second kappa shape index (κ2) is 7.79. The lowest BCUT2D eigenvalue weighted by molar-refractivity contribution is -0.364. The Bertz CT molecular complexity index is 924. The highest BCUT2D eigenvalue weighted by Gasteiger charge is 2.28. The van der Waals surface area contributed by atoms with Gasteiger partial charge in [-0.3, -0.25) is 14.0 Å². The average Bonchev–Trinajstić information content (AvgIpc) is 2.74. The van der Waals surface area contributed by atoms with E-state index in [9.17, 15) is 13.2 Å². The molecule has 2 fully saturated rings. The lowest BCUT2D eigenvalue weighted by Crippen LogP contribution is -2.50. The Labute approximate surface area is 165 Å². The minimum absolute atomic E-state index is 0.00950. The molecule has 1 aromatic carbocycles. The SMILES string of the molecule is O=C(c1ccc(N2CCCCS2(=O)=O)cc1)N1CCN(c2cccc[nH+]2)CC1. The number of anilines is 2. The van der Waals surface area contributed by atoms with Crippen molar-refractivity contribution in [2.24, 2.45) is 0 Å². The van der Waals surface area contributed by atoms with E-state index in [1.807, 2.05) is 29.3 Å². The molecule has 28 heavy (non-hydrogen) atoms. The smallest absolute Gasteiger partial charge is 0.274 e. The fraction of sp³-hybridized carbons (Fsp3) is 0.400. The number of benzene rings is 1. The van der Waals surface area contributed by atoms with Crippen LogP contribution in [-0.2, 0) is 10.0 Å². The van der Waals surface area contributed by atoms with Crippen LogP contribution in [0.3, 0.4) is 0 Å². The number of aromatic amines is 1. The molecule has 0 unspecified atom stereocenters. The van der Waals surface area contributed by atoms with Crippen LogP contribution in [0, 0.1) is 0 Å². The number of aromatic nitrogens is 1. The summed E-state index contributed by atoms with van der Waals surface area (Å²) in [7, 11) is -3.23. The van der Waals surface area contributed by atoms with Crippen LogP contribution in [0.15, 0.2) is 48.7 Å². The second-order valence-electron chi connectivity index (χ2n) is 7.17. The molecule has 2 saturated heterocycles. The van der Waals surface area contributed by atoms with E-state index in [4.69, 9.17) is 0 Å². The zero-order chi connectivity index (χ0) is 19.6. The number of H-pyrrole nitrogens is 1. The number of rotatable bonds is 3. The van der Waals surface area contributed by atoms with Crippen molar-refractivity contribution >= 4 is 27.4 Å². The van der Waals surface area contributed by atoms with Crippen LogP contribution in [0.2, 0.25) is 0 Å². The van der Waals surface area contributed by atoms with Gasteiger partial charge in [-0.15, -0.1) is 0 Å². The maximum Gasteiger partial charge on any atom is 0.274 e. The van der Waals surface area contributed by atoms with Gasteiger partial charge >= 0.3 is 0 Å². The van der Waals surface area contributed by atoms with Crippen molar-refractivity contribution in [3.63, 3.8) is 0 Å². The van der Waals surface area contributed by atoms with Gasteiger partial charge in [0.15, 0.2) is 0 Å². The molecule has 0 bridgehead atoms. The number of carbonyl (C=O) groups excluding carboxylic acids is 1. The molecule has 1 aromatic heterocycles. The van der Waals surface area contributed by atoms with Gasteiger partial charge in [-0.05, 0) is 43.2 Å². The maximum absolute atomic E-state index is 12.8. The number of carbonyl (C=O) groups is 1. The first-order chi connectivity index (χ1) is 13.5. The summed E-state index contributed by atoms with van der Waals surface area (Å²) in [5.41, 5.74) is 1.23. The highest BCUT2D eigenvalue weighted by Crippen LogP contribution is 2.24. The monoisotopic (exact) mass is 401 g/mol. The highest BCUT2D eigenvalue weighted by atomic mass is 32.2. The van der Waals surface area contributed by atoms with Crippen molar-refractivity contribution < 1.29 is 18.2 Å². The molecule has 7 nitrogen and oxygen atoms in total. The third kappa shape index (κ3) is 3.82. The zero-order valence-corrected chi connectivity index (χ0v) is 16.6. The molecule has 0 radical (unpaired) electrons. The number of amides is 1. The summed E-state index contributed by atoms with van der Waals surface area (Å²) in [6.45, 7) is 3.37. The number of nitrogens with one attached hydrogen (secondary N) is 1. The first kappa shape index (κ1) is 18.7. The van der Waals surface area contributed by atoms with E-state index < -0.39 is 10.0 Å². The predicted octanol–water partition coefficient (Wildman–Crippen LogP) is 1.39. The molecular formula is C20H25N4O3S+. The molecule has 2 aliphatic heterocycles. The summed E-state index contributed by atoms with van der Waals surface area (Å²) in [4.78, 5) is 20.1. The van der Waals surface area contributed by atoms with Gasteiger partial charge in [0.2, 0.25) is 10.0 Å². The summed E-state index contributed by atoms with van der Waals surface area (Å²) in [5.74, 6) is 1.24. The molecule has 148 valence electrons. The minimum Gasteiger partial charge on any atom is -0.331 e. The largest absolute Gasteiger partial charge is 0.331 e. The van der Waals surface area contributed by atoms with Gasteiger partial charge in [-0.2, -0.15) is 0 Å². The quantitative estimate of drug-likeness (QED) is 0.779. The Balaban J connectivity index is 1.40. The average molecular weight is 402 g/mol. The Kier molecular flexibility index (Phi) is 5.21. The normalized spacial score (nSPS) is 19.5. The van der Waals surface area contributed by atoms with Crippen LogP contribution >= 0.6 is 0 Å². The third-order valence-electron chi connectivity index (χ3n) is 5.35. The van der Waals surface area contributed by atoms with E-state index in [0.717, 1.165) is 25.3 Å². The van der Waals surface area contributed by atoms with Gasteiger partial charge in [0, 0.05) is 18.2 Å². The van der Waals surface area contributed by atoms with Crippen molar-refractivity contribution in [2.75, 3.05) is 47.7 Å². The van der Waals surface area contributed by atoms with Crippen LogP contribution in [0.25, 0.3) is 0 Å². The number of sulfonamides is 1. The molecule has 0 spiro atoms. The lowest BCUT2D eigenvalue weighted by atomic mass is 10.1. The molecule has 4 rings (SSSR count). The van der Waals surface area contributed by atoms with Gasteiger partial charge in [0.25, 0.3) is 11.7 Å². The van der Waals surface area contributed by atoms with Crippen LogP contribution in [0.5, 0.6) is 0 Å². The van der Waals surface area contributed by atoms with E-state index in [2.05, 4.69) is 9.88 Å². The Morgan fingerprint density at radius 1 is 0.893 bits per heavy atom. The molecule has 1 amide bonds. The van der Waals surface area contributed by atoms with Crippen LogP contribution in [0.1, 0.15) is 23.2 Å². The third-order valence-corrected chi connectivity index (χ3v) is 7.22. The van der Waals surface area contributed by atoms with Gasteiger partial charge in [-0.1, -0.05) is 6.07 Å². The summed E-state index contributed by atoms with van der Waals surface area (Å²) in [6.07, 6.45) is 3.47. The Morgan fingerprint density at radius 3 is 2.29 bits per heavy atom. The number of piperazine rings is 1. The minimum atomic E-state index is -3.23. The highest BCUT2D eigenvalue weighted by molar-refractivity contribution is 7.92. The summed E-state index contributed by atoms with van der Waals surface area (Å²) >= 11 is 0. The number of hydrogen-bond donors (Lipinski definition) is 0. The lowest BCUT2D eigenvalue weighted by Gasteiger charge is -2.31. The molecule has 0 saturated carbocycles. The summed E-state index contributed by atoms with van der Waals surface area (Å²) in [5, 5.41) is 0. The zero-order valence-electron chi connectivity index (χ0n) is 15.8. The van der Waals surface area contributed by atoms with Gasteiger partial charge in [0.05, 0.1) is 30.7 Å². The van der Waals surface area contributed by atoms with E-state index in [0.29, 0.717) is 37.3 Å². The van der Waals surface area contributed by atoms with E-state index >= 15 is 0 Å². The first-order valence-corrected chi connectivity index (χ1v) is 11.3. The topological polar surface area (TPSA) is 75.1 Å². The van der Waals surface area contributed by atoms with Crippen LogP contribution in [-0.4, -0.2) is 57.7 Å². The van der Waals surface area contributed by atoms with Crippen molar-refractivity contribution in [1.82, 2.24) is 4.90 Å². The number of nitrogens with zero attached hydrogens (tertiary/aromatic N) is 3. The molecule has 0 aliphatic carbocycles. The fourth-order valence-corrected chi connectivity index (χ4v) is 5.40.